The van der Waals surface area contributed by atoms with E-state index < -0.39 is 0 Å². The lowest BCUT2D eigenvalue weighted by Crippen LogP contribution is -2.47. The van der Waals surface area contributed by atoms with Gasteiger partial charge < -0.3 is 10.1 Å². The molecule has 2 aromatic carbocycles. The predicted molar refractivity (Wildman–Crippen MR) is 129 cm³/mol. The number of hydrogen-bond donors (Lipinski definition) is 1. The number of likely N-dealkylation sites (tertiary alicyclic amines) is 2. The minimum absolute atomic E-state index is 0.173. The molecule has 172 valence electrons. The summed E-state index contributed by atoms with van der Waals surface area (Å²) < 4.78 is 5.32. The summed E-state index contributed by atoms with van der Waals surface area (Å²) in [5.41, 5.74) is 2.65. The minimum Gasteiger partial charge on any atom is -0.497 e. The molecule has 1 atom stereocenters. The van der Waals surface area contributed by atoms with Crippen LogP contribution in [0.1, 0.15) is 55.7 Å². The van der Waals surface area contributed by atoms with Gasteiger partial charge in [0.05, 0.1) is 13.7 Å². The number of nitrogens with zero attached hydrogens (tertiary/aromatic N) is 2. The highest BCUT2D eigenvalue weighted by atomic mass is 16.5. The molecule has 2 saturated heterocycles. The van der Waals surface area contributed by atoms with Crippen LogP contribution in [0.3, 0.4) is 0 Å². The number of hydrogen-bond acceptors (Lipinski definition) is 4. The van der Waals surface area contributed by atoms with E-state index in [1.165, 1.54) is 24.0 Å². The molecule has 2 aliphatic rings. The van der Waals surface area contributed by atoms with Crippen LogP contribution >= 0.6 is 0 Å². The molecule has 0 saturated carbocycles. The van der Waals surface area contributed by atoms with Crippen LogP contribution < -0.4 is 10.1 Å². The Kier molecular flexibility index (Phi) is 8.18. The maximum Gasteiger partial charge on any atom is 0.234 e. The number of ether oxygens (including phenoxy) is 1. The quantitative estimate of drug-likeness (QED) is 0.700. The second kappa shape index (κ2) is 11.5. The van der Waals surface area contributed by atoms with Crippen molar-refractivity contribution in [2.75, 3.05) is 33.3 Å². The molecule has 2 fully saturated rings. The molecule has 4 rings (SSSR count). The Morgan fingerprint density at radius 1 is 0.938 bits per heavy atom. The second-order valence-corrected chi connectivity index (χ2v) is 9.21. The summed E-state index contributed by atoms with van der Waals surface area (Å²) in [6.07, 6.45) is 6.79. The van der Waals surface area contributed by atoms with E-state index in [0.717, 1.165) is 57.6 Å². The molecule has 0 bridgehead atoms. The van der Waals surface area contributed by atoms with Gasteiger partial charge in [0, 0.05) is 31.7 Å². The van der Waals surface area contributed by atoms with Gasteiger partial charge in [-0.25, -0.2) is 0 Å². The van der Waals surface area contributed by atoms with Crippen LogP contribution in [0, 0.1) is 0 Å². The Bertz CT molecular complexity index is 832. The number of piperidine rings is 1. The summed E-state index contributed by atoms with van der Waals surface area (Å²) in [6.45, 7) is 4.55. The van der Waals surface area contributed by atoms with Crippen molar-refractivity contribution in [2.24, 2.45) is 0 Å². The lowest BCUT2D eigenvalue weighted by atomic mass is 10.0. The Labute approximate surface area is 192 Å². The number of nitrogens with one attached hydrogen (secondary N) is 1. The fourth-order valence-corrected chi connectivity index (χ4v) is 5.10. The molecule has 0 aromatic heterocycles. The first-order valence-corrected chi connectivity index (χ1v) is 12.1. The first-order chi connectivity index (χ1) is 15.7. The molecule has 5 nitrogen and oxygen atoms in total. The second-order valence-electron chi connectivity index (χ2n) is 9.21. The van der Waals surface area contributed by atoms with E-state index in [4.69, 9.17) is 4.74 Å². The third kappa shape index (κ3) is 6.33. The summed E-state index contributed by atoms with van der Waals surface area (Å²) in [5, 5.41) is 3.33. The maximum absolute atomic E-state index is 13.0. The number of carbonyl (C=O) groups excluding carboxylic acids is 1. The molecule has 2 aliphatic heterocycles. The molecule has 0 radical (unpaired) electrons. The molecule has 2 heterocycles. The van der Waals surface area contributed by atoms with Gasteiger partial charge in [-0.3, -0.25) is 14.6 Å². The molecule has 1 N–H and O–H groups in total. The Morgan fingerprint density at radius 2 is 1.69 bits per heavy atom. The van der Waals surface area contributed by atoms with Gasteiger partial charge in [-0.15, -0.1) is 0 Å². The average molecular weight is 436 g/mol. The number of amides is 1. The molecule has 5 heteroatoms. The molecule has 0 aliphatic carbocycles. The zero-order chi connectivity index (χ0) is 22.2. The maximum atomic E-state index is 13.0. The zero-order valence-electron chi connectivity index (χ0n) is 19.3. The van der Waals surface area contributed by atoms with Gasteiger partial charge in [0.15, 0.2) is 0 Å². The summed E-state index contributed by atoms with van der Waals surface area (Å²) in [6, 6.07) is 19.6. The van der Waals surface area contributed by atoms with Crippen LogP contribution in [0.4, 0.5) is 0 Å². The van der Waals surface area contributed by atoms with Crippen molar-refractivity contribution >= 4 is 5.91 Å². The molecular formula is C27H37N3O2. The number of methoxy groups -OCH3 is 1. The van der Waals surface area contributed by atoms with Crippen LogP contribution in [-0.4, -0.2) is 55.0 Å². The van der Waals surface area contributed by atoms with E-state index in [1.807, 2.05) is 12.1 Å². The SMILES string of the molecule is COc1ccc(C2CCCCCN2CC(=O)NC2CCN(Cc3ccccc3)CC2)cc1. The third-order valence-corrected chi connectivity index (χ3v) is 6.91. The highest BCUT2D eigenvalue weighted by molar-refractivity contribution is 5.78. The third-order valence-electron chi connectivity index (χ3n) is 6.91. The minimum atomic E-state index is 0.173. The lowest BCUT2D eigenvalue weighted by Gasteiger charge is -2.34. The molecule has 0 spiro atoms. The van der Waals surface area contributed by atoms with Gasteiger partial charge in [0.2, 0.25) is 5.91 Å². The normalized spacial score (nSPS) is 21.1. The number of rotatable bonds is 7. The van der Waals surface area contributed by atoms with Gasteiger partial charge in [0.1, 0.15) is 5.75 Å². The monoisotopic (exact) mass is 435 g/mol. The molecule has 32 heavy (non-hydrogen) atoms. The van der Waals surface area contributed by atoms with Gasteiger partial charge in [0.25, 0.3) is 0 Å². The summed E-state index contributed by atoms with van der Waals surface area (Å²) in [5.74, 6) is 1.05. The van der Waals surface area contributed by atoms with Crippen molar-refractivity contribution in [1.82, 2.24) is 15.1 Å². The van der Waals surface area contributed by atoms with Crippen molar-refractivity contribution < 1.29 is 9.53 Å². The first kappa shape index (κ1) is 22.8. The Hall–Kier alpha value is -2.37. The van der Waals surface area contributed by atoms with E-state index in [1.54, 1.807) is 7.11 Å². The number of carbonyl (C=O) groups is 1. The largest absolute Gasteiger partial charge is 0.497 e. The standard InChI is InChI=1S/C27H37N3O2/c1-32-25-13-11-23(12-14-25)26-10-6-3-7-17-30(26)21-27(31)28-24-15-18-29(19-16-24)20-22-8-4-2-5-9-22/h2,4-5,8-9,11-14,24,26H,3,6-7,10,15-21H2,1H3,(H,28,31). The summed E-state index contributed by atoms with van der Waals surface area (Å²) in [4.78, 5) is 17.8. The topological polar surface area (TPSA) is 44.8 Å². The molecule has 1 amide bonds. The van der Waals surface area contributed by atoms with Crippen LogP contribution in [-0.2, 0) is 11.3 Å². The highest BCUT2D eigenvalue weighted by Gasteiger charge is 2.26. The zero-order valence-corrected chi connectivity index (χ0v) is 19.3. The van der Waals surface area contributed by atoms with Crippen LogP contribution in [0.2, 0.25) is 0 Å². The summed E-state index contributed by atoms with van der Waals surface area (Å²) >= 11 is 0. The van der Waals surface area contributed by atoms with Crippen molar-refractivity contribution in [2.45, 2.75) is 57.2 Å². The van der Waals surface area contributed by atoms with Gasteiger partial charge in [-0.05, 0) is 55.5 Å². The van der Waals surface area contributed by atoms with Gasteiger partial charge in [-0.1, -0.05) is 55.3 Å². The van der Waals surface area contributed by atoms with E-state index >= 15 is 0 Å². The van der Waals surface area contributed by atoms with Crippen LogP contribution in [0.5, 0.6) is 5.75 Å². The van der Waals surface area contributed by atoms with Crippen LogP contribution in [0.25, 0.3) is 0 Å². The molecule has 1 unspecified atom stereocenters. The first-order valence-electron chi connectivity index (χ1n) is 12.1. The van der Waals surface area contributed by atoms with Crippen molar-refractivity contribution in [3.05, 3.63) is 65.7 Å². The van der Waals surface area contributed by atoms with Crippen molar-refractivity contribution in [3.8, 4) is 5.75 Å². The van der Waals surface area contributed by atoms with Crippen LogP contribution in [0.15, 0.2) is 54.6 Å². The summed E-state index contributed by atoms with van der Waals surface area (Å²) in [7, 11) is 1.70. The van der Waals surface area contributed by atoms with E-state index in [0.29, 0.717) is 18.6 Å². The van der Waals surface area contributed by atoms with E-state index in [9.17, 15) is 4.79 Å². The van der Waals surface area contributed by atoms with E-state index in [2.05, 4.69) is 57.6 Å². The lowest BCUT2D eigenvalue weighted by molar-refractivity contribution is -0.123. The van der Waals surface area contributed by atoms with Crippen molar-refractivity contribution in [3.63, 3.8) is 0 Å². The molecule has 2 aromatic rings. The van der Waals surface area contributed by atoms with Gasteiger partial charge in [-0.2, -0.15) is 0 Å². The number of benzene rings is 2. The van der Waals surface area contributed by atoms with Crippen molar-refractivity contribution in [1.29, 1.82) is 0 Å². The Balaban J connectivity index is 1.28. The smallest absolute Gasteiger partial charge is 0.234 e. The fourth-order valence-electron chi connectivity index (χ4n) is 5.10. The molecular weight excluding hydrogens is 398 g/mol. The fraction of sp³-hybridized carbons (Fsp3) is 0.519. The Morgan fingerprint density at radius 3 is 2.41 bits per heavy atom. The average Bonchev–Trinajstić information content (AvgIpc) is 3.06. The van der Waals surface area contributed by atoms with Gasteiger partial charge >= 0.3 is 0 Å². The highest BCUT2D eigenvalue weighted by Crippen LogP contribution is 2.31. The van der Waals surface area contributed by atoms with E-state index in [-0.39, 0.29) is 5.91 Å². The predicted octanol–water partition coefficient (Wildman–Crippen LogP) is 4.39.